The van der Waals surface area contributed by atoms with Crippen molar-refractivity contribution in [1.29, 1.82) is 0 Å². The van der Waals surface area contributed by atoms with E-state index in [9.17, 15) is 4.79 Å². The Bertz CT molecular complexity index is 503. The van der Waals surface area contributed by atoms with E-state index in [4.69, 9.17) is 16.3 Å². The van der Waals surface area contributed by atoms with Crippen molar-refractivity contribution in [2.75, 3.05) is 0 Å². The lowest BCUT2D eigenvalue weighted by molar-refractivity contribution is 0.112. The number of alkyl halides is 1. The first-order valence-corrected chi connectivity index (χ1v) is 6.17. The van der Waals surface area contributed by atoms with Gasteiger partial charge in [0.2, 0.25) is 0 Å². The largest absolute Gasteiger partial charge is 0.489 e. The molecule has 2 aromatic rings. The van der Waals surface area contributed by atoms with Crippen LogP contribution in [0.5, 0.6) is 5.75 Å². The number of carbonyl (C=O) groups is 1. The zero-order valence-corrected chi connectivity index (χ0v) is 10.6. The van der Waals surface area contributed by atoms with E-state index in [0.717, 1.165) is 23.2 Å². The van der Waals surface area contributed by atoms with Crippen molar-refractivity contribution in [1.82, 2.24) is 0 Å². The molecule has 0 aromatic heterocycles. The summed E-state index contributed by atoms with van der Waals surface area (Å²) in [5, 5.41) is 0. The van der Waals surface area contributed by atoms with E-state index >= 15 is 0 Å². The number of hydrogen-bond donors (Lipinski definition) is 0. The highest BCUT2D eigenvalue weighted by molar-refractivity contribution is 6.17. The van der Waals surface area contributed by atoms with Crippen LogP contribution in [0.4, 0.5) is 0 Å². The van der Waals surface area contributed by atoms with E-state index in [-0.39, 0.29) is 0 Å². The van der Waals surface area contributed by atoms with Gasteiger partial charge in [-0.15, -0.1) is 11.6 Å². The molecule has 0 fully saturated rings. The van der Waals surface area contributed by atoms with Gasteiger partial charge in [0.25, 0.3) is 0 Å². The molecule has 0 radical (unpaired) electrons. The molecule has 92 valence electrons. The van der Waals surface area contributed by atoms with Gasteiger partial charge >= 0.3 is 0 Å². The van der Waals surface area contributed by atoms with Gasteiger partial charge in [-0.1, -0.05) is 24.3 Å². The second-order valence-electron chi connectivity index (χ2n) is 3.93. The van der Waals surface area contributed by atoms with Crippen LogP contribution in [0, 0.1) is 0 Å². The lowest BCUT2D eigenvalue weighted by Crippen LogP contribution is -1.95. The Morgan fingerprint density at radius 3 is 2.11 bits per heavy atom. The Morgan fingerprint density at radius 2 is 1.56 bits per heavy atom. The zero-order chi connectivity index (χ0) is 12.8. The summed E-state index contributed by atoms with van der Waals surface area (Å²) in [7, 11) is 0. The Hall–Kier alpha value is -1.80. The van der Waals surface area contributed by atoms with Gasteiger partial charge < -0.3 is 4.74 Å². The minimum atomic E-state index is 0.503. The summed E-state index contributed by atoms with van der Waals surface area (Å²) in [5.74, 6) is 1.27. The molecule has 0 bridgehead atoms. The highest BCUT2D eigenvalue weighted by Gasteiger charge is 1.97. The van der Waals surface area contributed by atoms with Crippen molar-refractivity contribution in [3.05, 3.63) is 65.2 Å². The SMILES string of the molecule is O=Cc1ccc(OCc2ccc(CCl)cc2)cc1. The van der Waals surface area contributed by atoms with Crippen LogP contribution in [0.3, 0.4) is 0 Å². The van der Waals surface area contributed by atoms with Crippen LogP contribution < -0.4 is 4.74 Å². The quantitative estimate of drug-likeness (QED) is 0.603. The first-order valence-electron chi connectivity index (χ1n) is 5.63. The lowest BCUT2D eigenvalue weighted by Gasteiger charge is -2.06. The van der Waals surface area contributed by atoms with Crippen LogP contribution in [0.15, 0.2) is 48.5 Å². The third kappa shape index (κ3) is 3.34. The molecule has 0 aliphatic carbocycles. The molecule has 18 heavy (non-hydrogen) atoms. The molecular weight excluding hydrogens is 248 g/mol. The van der Waals surface area contributed by atoms with Crippen LogP contribution in [-0.2, 0) is 12.5 Å². The van der Waals surface area contributed by atoms with Crippen LogP contribution in [0.25, 0.3) is 0 Å². The number of hydrogen-bond acceptors (Lipinski definition) is 2. The maximum Gasteiger partial charge on any atom is 0.150 e. The Labute approximate surface area is 111 Å². The summed E-state index contributed by atoms with van der Waals surface area (Å²) in [6, 6.07) is 15.0. The molecule has 0 N–H and O–H groups in total. The highest BCUT2D eigenvalue weighted by Crippen LogP contribution is 2.14. The van der Waals surface area contributed by atoms with Gasteiger partial charge in [0.15, 0.2) is 0 Å². The molecule has 0 aliphatic heterocycles. The van der Waals surface area contributed by atoms with Crippen molar-refractivity contribution in [2.24, 2.45) is 0 Å². The smallest absolute Gasteiger partial charge is 0.150 e. The van der Waals surface area contributed by atoms with Crippen molar-refractivity contribution in [3.63, 3.8) is 0 Å². The fraction of sp³-hybridized carbons (Fsp3) is 0.133. The molecule has 0 saturated carbocycles. The summed E-state index contributed by atoms with van der Waals surface area (Å²) < 4.78 is 5.62. The summed E-state index contributed by atoms with van der Waals surface area (Å²) in [4.78, 5) is 10.5. The molecule has 0 heterocycles. The molecule has 0 aliphatic rings. The van der Waals surface area contributed by atoms with Gasteiger partial charge in [-0.3, -0.25) is 4.79 Å². The number of ether oxygens (including phenoxy) is 1. The fourth-order valence-corrected chi connectivity index (χ4v) is 1.71. The van der Waals surface area contributed by atoms with Gasteiger partial charge in [0, 0.05) is 11.4 Å². The second kappa shape index (κ2) is 6.22. The number of rotatable bonds is 5. The first kappa shape index (κ1) is 12.7. The molecule has 0 unspecified atom stereocenters. The van der Waals surface area contributed by atoms with Crippen molar-refractivity contribution in [2.45, 2.75) is 12.5 Å². The van der Waals surface area contributed by atoms with Gasteiger partial charge in [0.1, 0.15) is 18.6 Å². The second-order valence-corrected chi connectivity index (χ2v) is 4.19. The van der Waals surface area contributed by atoms with Crippen LogP contribution >= 0.6 is 11.6 Å². The third-order valence-corrected chi connectivity index (χ3v) is 2.91. The summed E-state index contributed by atoms with van der Waals surface area (Å²) >= 11 is 5.72. The van der Waals surface area contributed by atoms with E-state index in [1.165, 1.54) is 0 Å². The van der Waals surface area contributed by atoms with Crippen molar-refractivity contribution in [3.8, 4) is 5.75 Å². The van der Waals surface area contributed by atoms with Crippen molar-refractivity contribution >= 4 is 17.9 Å². The minimum absolute atomic E-state index is 0.503. The molecular formula is C15H13ClO2. The summed E-state index contributed by atoms with van der Waals surface area (Å²) in [5.41, 5.74) is 2.83. The minimum Gasteiger partial charge on any atom is -0.489 e. The van der Waals surface area contributed by atoms with Crippen molar-refractivity contribution < 1.29 is 9.53 Å². The number of halogens is 1. The summed E-state index contributed by atoms with van der Waals surface area (Å²) in [6.45, 7) is 0.503. The molecule has 2 rings (SSSR count). The maximum atomic E-state index is 10.5. The number of aldehydes is 1. The Kier molecular flexibility index (Phi) is 4.37. The Balaban J connectivity index is 1.95. The van der Waals surface area contributed by atoms with E-state index in [1.54, 1.807) is 24.3 Å². The van der Waals surface area contributed by atoms with Gasteiger partial charge in [-0.2, -0.15) is 0 Å². The third-order valence-electron chi connectivity index (χ3n) is 2.60. The summed E-state index contributed by atoms with van der Waals surface area (Å²) in [6.07, 6.45) is 0.814. The van der Waals surface area contributed by atoms with Crippen LogP contribution in [0.1, 0.15) is 21.5 Å². The molecule has 0 spiro atoms. The van der Waals surface area contributed by atoms with E-state index in [1.807, 2.05) is 24.3 Å². The zero-order valence-electron chi connectivity index (χ0n) is 9.80. The average molecular weight is 261 g/mol. The van der Waals surface area contributed by atoms with Gasteiger partial charge in [-0.05, 0) is 35.4 Å². The average Bonchev–Trinajstić information content (AvgIpc) is 2.46. The molecule has 2 nitrogen and oxygen atoms in total. The molecule has 0 amide bonds. The first-order chi connectivity index (χ1) is 8.81. The van der Waals surface area contributed by atoms with Gasteiger partial charge in [0.05, 0.1) is 0 Å². The fourth-order valence-electron chi connectivity index (χ4n) is 1.53. The Morgan fingerprint density at radius 1 is 0.944 bits per heavy atom. The maximum absolute atomic E-state index is 10.5. The number of carbonyl (C=O) groups excluding carboxylic acids is 1. The molecule has 3 heteroatoms. The number of benzene rings is 2. The highest BCUT2D eigenvalue weighted by atomic mass is 35.5. The monoisotopic (exact) mass is 260 g/mol. The van der Waals surface area contributed by atoms with E-state index < -0.39 is 0 Å². The predicted octanol–water partition coefficient (Wildman–Crippen LogP) is 3.82. The molecule has 0 saturated heterocycles. The van der Waals surface area contributed by atoms with E-state index in [2.05, 4.69) is 0 Å². The van der Waals surface area contributed by atoms with Gasteiger partial charge in [-0.25, -0.2) is 0 Å². The lowest BCUT2D eigenvalue weighted by atomic mass is 10.2. The topological polar surface area (TPSA) is 26.3 Å². The molecule has 2 aromatic carbocycles. The standard InChI is InChI=1S/C15H13ClO2/c16-9-12-1-3-14(4-2-12)11-18-15-7-5-13(10-17)6-8-15/h1-8,10H,9,11H2. The van der Waals surface area contributed by atoms with Crippen LogP contribution in [-0.4, -0.2) is 6.29 Å². The van der Waals surface area contributed by atoms with Crippen LogP contribution in [0.2, 0.25) is 0 Å². The normalized spacial score (nSPS) is 10.1. The van der Waals surface area contributed by atoms with E-state index in [0.29, 0.717) is 18.1 Å². The predicted molar refractivity (Wildman–Crippen MR) is 72.2 cm³/mol. The molecule has 0 atom stereocenters.